The molecule has 2 nitrogen and oxygen atoms in total. The second-order valence-corrected chi connectivity index (χ2v) is 4.24. The van der Waals surface area contributed by atoms with Gasteiger partial charge in [0.15, 0.2) is 0 Å². The minimum atomic E-state index is 0.239. The van der Waals surface area contributed by atoms with Crippen molar-refractivity contribution in [2.24, 2.45) is 0 Å². The fraction of sp³-hybridized carbons (Fsp3) is 0.0769. The Hall–Kier alpha value is -1.48. The third-order valence-corrected chi connectivity index (χ3v) is 2.80. The van der Waals surface area contributed by atoms with E-state index in [1.165, 1.54) is 0 Å². The number of halogens is 1. The Bertz CT molecular complexity index is 469. The molecule has 0 amide bonds. The van der Waals surface area contributed by atoms with Crippen LogP contribution in [0.5, 0.6) is 11.5 Å². The molecule has 0 bridgehead atoms. The lowest BCUT2D eigenvalue weighted by molar-refractivity contribution is 0.306. The summed E-state index contributed by atoms with van der Waals surface area (Å²) in [4.78, 5) is 0. The summed E-state index contributed by atoms with van der Waals surface area (Å²) in [6.07, 6.45) is 0. The Morgan fingerprint density at radius 1 is 1.06 bits per heavy atom. The maximum Gasteiger partial charge on any atom is 0.129 e. The van der Waals surface area contributed by atoms with Crippen LogP contribution in [0.1, 0.15) is 5.56 Å². The van der Waals surface area contributed by atoms with Crippen molar-refractivity contribution in [2.45, 2.75) is 6.61 Å². The normalized spacial score (nSPS) is 10.1. The minimum Gasteiger partial charge on any atom is -0.507 e. The molecule has 0 heterocycles. The van der Waals surface area contributed by atoms with Crippen LogP contribution < -0.4 is 4.74 Å². The third-order valence-electron chi connectivity index (χ3n) is 2.16. The number of ether oxygens (including phenoxy) is 1. The molecule has 2 rings (SSSR count). The van der Waals surface area contributed by atoms with Crippen molar-refractivity contribution in [2.75, 3.05) is 0 Å². The molecule has 0 radical (unpaired) electrons. The molecule has 2 aromatic carbocycles. The SMILES string of the molecule is Oc1ccc(COc2ccccc2)cc1Br. The van der Waals surface area contributed by atoms with Crippen LogP contribution in [0.4, 0.5) is 0 Å². The molecule has 3 heteroatoms. The van der Waals surface area contributed by atoms with E-state index in [2.05, 4.69) is 15.9 Å². The lowest BCUT2D eigenvalue weighted by Crippen LogP contribution is -1.94. The molecule has 2 aromatic rings. The molecule has 0 spiro atoms. The van der Waals surface area contributed by atoms with Crippen LogP contribution >= 0.6 is 15.9 Å². The largest absolute Gasteiger partial charge is 0.507 e. The van der Waals surface area contributed by atoms with E-state index in [-0.39, 0.29) is 5.75 Å². The molecule has 0 aromatic heterocycles. The summed E-state index contributed by atoms with van der Waals surface area (Å²) in [6, 6.07) is 15.0. The summed E-state index contributed by atoms with van der Waals surface area (Å²) in [5, 5.41) is 9.34. The van der Waals surface area contributed by atoms with E-state index in [0.29, 0.717) is 11.1 Å². The van der Waals surface area contributed by atoms with Gasteiger partial charge in [-0.05, 0) is 45.8 Å². The first-order valence-electron chi connectivity index (χ1n) is 4.91. The van der Waals surface area contributed by atoms with Crippen molar-refractivity contribution in [3.63, 3.8) is 0 Å². The predicted octanol–water partition coefficient (Wildman–Crippen LogP) is 3.73. The highest BCUT2D eigenvalue weighted by molar-refractivity contribution is 9.10. The molecule has 0 atom stereocenters. The molecule has 0 aliphatic rings. The Labute approximate surface area is 103 Å². The number of rotatable bonds is 3. The summed E-state index contributed by atoms with van der Waals surface area (Å²) in [6.45, 7) is 0.489. The number of phenolic OH excluding ortho intramolecular Hbond substituents is 1. The van der Waals surface area contributed by atoms with E-state index in [1.54, 1.807) is 6.07 Å². The van der Waals surface area contributed by atoms with Gasteiger partial charge in [-0.25, -0.2) is 0 Å². The van der Waals surface area contributed by atoms with Crippen molar-refractivity contribution in [3.8, 4) is 11.5 Å². The third kappa shape index (κ3) is 2.76. The van der Waals surface area contributed by atoms with Gasteiger partial charge in [0.25, 0.3) is 0 Å². The molecule has 0 saturated heterocycles. The molecule has 0 fully saturated rings. The van der Waals surface area contributed by atoms with Gasteiger partial charge in [-0.1, -0.05) is 24.3 Å². The number of benzene rings is 2. The van der Waals surface area contributed by atoms with Gasteiger partial charge in [0.2, 0.25) is 0 Å². The van der Waals surface area contributed by atoms with Crippen molar-refractivity contribution >= 4 is 15.9 Å². The molecule has 1 N–H and O–H groups in total. The van der Waals surface area contributed by atoms with Crippen LogP contribution in [-0.4, -0.2) is 5.11 Å². The van der Waals surface area contributed by atoms with Gasteiger partial charge in [-0.15, -0.1) is 0 Å². The summed E-state index contributed by atoms with van der Waals surface area (Å²) in [7, 11) is 0. The van der Waals surface area contributed by atoms with E-state index < -0.39 is 0 Å². The highest BCUT2D eigenvalue weighted by Crippen LogP contribution is 2.24. The molecule has 0 aliphatic carbocycles. The van der Waals surface area contributed by atoms with Crippen LogP contribution in [-0.2, 0) is 6.61 Å². The van der Waals surface area contributed by atoms with Crippen LogP contribution in [0.15, 0.2) is 53.0 Å². The number of aromatic hydroxyl groups is 1. The van der Waals surface area contributed by atoms with E-state index in [1.807, 2.05) is 42.5 Å². The standard InChI is InChI=1S/C13H11BrO2/c14-12-8-10(6-7-13(12)15)9-16-11-4-2-1-3-5-11/h1-8,15H,9H2. The van der Waals surface area contributed by atoms with Crippen LogP contribution in [0.25, 0.3) is 0 Å². The summed E-state index contributed by atoms with van der Waals surface area (Å²) < 4.78 is 6.27. The lowest BCUT2D eigenvalue weighted by Gasteiger charge is -2.06. The van der Waals surface area contributed by atoms with Gasteiger partial charge in [-0.2, -0.15) is 0 Å². The number of hydrogen-bond acceptors (Lipinski definition) is 2. The number of para-hydroxylation sites is 1. The monoisotopic (exact) mass is 278 g/mol. The quantitative estimate of drug-likeness (QED) is 0.927. The number of hydrogen-bond donors (Lipinski definition) is 1. The zero-order chi connectivity index (χ0) is 11.4. The second kappa shape index (κ2) is 5.03. The van der Waals surface area contributed by atoms with Crippen molar-refractivity contribution in [3.05, 3.63) is 58.6 Å². The summed E-state index contributed by atoms with van der Waals surface area (Å²) >= 11 is 3.27. The lowest BCUT2D eigenvalue weighted by atomic mass is 10.2. The first kappa shape index (κ1) is 11.0. The Balaban J connectivity index is 2.03. The Morgan fingerprint density at radius 3 is 2.50 bits per heavy atom. The van der Waals surface area contributed by atoms with Crippen LogP contribution in [0.2, 0.25) is 0 Å². The van der Waals surface area contributed by atoms with E-state index >= 15 is 0 Å². The Kier molecular flexibility index (Phi) is 3.47. The van der Waals surface area contributed by atoms with Gasteiger partial charge >= 0.3 is 0 Å². The summed E-state index contributed by atoms with van der Waals surface area (Å²) in [5.41, 5.74) is 1.01. The molecule has 0 saturated carbocycles. The minimum absolute atomic E-state index is 0.239. The van der Waals surface area contributed by atoms with Gasteiger partial charge in [0.1, 0.15) is 18.1 Å². The van der Waals surface area contributed by atoms with E-state index in [4.69, 9.17) is 4.74 Å². The van der Waals surface area contributed by atoms with Gasteiger partial charge < -0.3 is 9.84 Å². The molecular weight excluding hydrogens is 268 g/mol. The fourth-order valence-corrected chi connectivity index (χ4v) is 1.75. The van der Waals surface area contributed by atoms with Crippen molar-refractivity contribution < 1.29 is 9.84 Å². The number of phenols is 1. The highest BCUT2D eigenvalue weighted by Gasteiger charge is 2.00. The highest BCUT2D eigenvalue weighted by atomic mass is 79.9. The average Bonchev–Trinajstić information content (AvgIpc) is 2.32. The fourth-order valence-electron chi connectivity index (χ4n) is 1.32. The second-order valence-electron chi connectivity index (χ2n) is 3.39. The van der Waals surface area contributed by atoms with E-state index in [0.717, 1.165) is 11.3 Å². The zero-order valence-corrected chi connectivity index (χ0v) is 10.1. The molecular formula is C13H11BrO2. The topological polar surface area (TPSA) is 29.5 Å². The summed E-state index contributed by atoms with van der Waals surface area (Å²) in [5.74, 6) is 1.08. The predicted molar refractivity (Wildman–Crippen MR) is 66.6 cm³/mol. The maximum absolute atomic E-state index is 9.34. The average molecular weight is 279 g/mol. The smallest absolute Gasteiger partial charge is 0.129 e. The molecule has 16 heavy (non-hydrogen) atoms. The molecule has 0 aliphatic heterocycles. The van der Waals surface area contributed by atoms with Gasteiger partial charge in [0, 0.05) is 0 Å². The molecule has 82 valence electrons. The first-order chi connectivity index (χ1) is 7.75. The molecule has 0 unspecified atom stereocenters. The maximum atomic E-state index is 9.34. The zero-order valence-electron chi connectivity index (χ0n) is 8.56. The van der Waals surface area contributed by atoms with E-state index in [9.17, 15) is 5.11 Å². The van der Waals surface area contributed by atoms with Crippen LogP contribution in [0, 0.1) is 0 Å². The van der Waals surface area contributed by atoms with Gasteiger partial charge in [0.05, 0.1) is 4.47 Å². The first-order valence-corrected chi connectivity index (χ1v) is 5.70. The van der Waals surface area contributed by atoms with Crippen molar-refractivity contribution in [1.82, 2.24) is 0 Å². The Morgan fingerprint density at radius 2 is 1.81 bits per heavy atom. The van der Waals surface area contributed by atoms with Gasteiger partial charge in [-0.3, -0.25) is 0 Å². The van der Waals surface area contributed by atoms with Crippen LogP contribution in [0.3, 0.4) is 0 Å². The van der Waals surface area contributed by atoms with Crippen molar-refractivity contribution in [1.29, 1.82) is 0 Å².